The molecule has 4 rings (SSSR count). The Morgan fingerprint density at radius 2 is 1.83 bits per heavy atom. The minimum Gasteiger partial charge on any atom is -0.464 e. The maximum Gasteiger partial charge on any atom is 0.354 e. The topological polar surface area (TPSA) is 80.2 Å². The van der Waals surface area contributed by atoms with Crippen LogP contribution in [0.25, 0.3) is 5.69 Å². The normalized spacial score (nSPS) is 15.4. The fraction of sp³-hybridized carbons (Fsp3) is 0.318. The van der Waals surface area contributed by atoms with Gasteiger partial charge in [0.2, 0.25) is 0 Å². The molecule has 1 N–H and O–H groups in total. The van der Waals surface area contributed by atoms with Gasteiger partial charge in [0.05, 0.1) is 19.0 Å². The average Bonchev–Trinajstić information content (AvgIpc) is 3.32. The van der Waals surface area contributed by atoms with E-state index in [1.165, 1.54) is 19.2 Å². The van der Waals surface area contributed by atoms with Crippen molar-refractivity contribution in [2.45, 2.75) is 26.8 Å². The SMILES string of the molecule is COC(=O)c1ccc(C(=O)N2Cc3cnn(-c4ccc(F)cc4)c3CC(C)(C)C2)[nH]1. The number of hydrogen-bond acceptors (Lipinski definition) is 4. The van der Waals surface area contributed by atoms with Crippen molar-refractivity contribution in [1.82, 2.24) is 19.7 Å². The van der Waals surface area contributed by atoms with Gasteiger partial charge in [-0.1, -0.05) is 13.8 Å². The van der Waals surface area contributed by atoms with Crippen LogP contribution in [-0.2, 0) is 17.7 Å². The molecular formula is C22H23FN4O3. The van der Waals surface area contributed by atoms with Crippen molar-refractivity contribution in [2.24, 2.45) is 5.41 Å². The van der Waals surface area contributed by atoms with E-state index >= 15 is 0 Å². The van der Waals surface area contributed by atoms with Crippen molar-refractivity contribution in [1.29, 1.82) is 0 Å². The van der Waals surface area contributed by atoms with Gasteiger partial charge in [-0.05, 0) is 48.2 Å². The van der Waals surface area contributed by atoms with Gasteiger partial charge in [0.25, 0.3) is 5.91 Å². The van der Waals surface area contributed by atoms with E-state index in [1.807, 2.05) is 4.68 Å². The number of halogens is 1. The molecule has 2 aromatic heterocycles. The van der Waals surface area contributed by atoms with Crippen molar-refractivity contribution < 1.29 is 18.7 Å². The third-order valence-electron chi connectivity index (χ3n) is 5.26. The summed E-state index contributed by atoms with van der Waals surface area (Å²) in [5, 5.41) is 4.50. The molecule has 1 aromatic carbocycles. The first kappa shape index (κ1) is 19.9. The average molecular weight is 410 g/mol. The van der Waals surface area contributed by atoms with Crippen LogP contribution in [0.1, 0.15) is 46.1 Å². The Kier molecular flexibility index (Phi) is 4.93. The lowest BCUT2D eigenvalue weighted by Crippen LogP contribution is -2.37. The number of H-pyrrole nitrogens is 1. The summed E-state index contributed by atoms with van der Waals surface area (Å²) in [5.74, 6) is -1.01. The van der Waals surface area contributed by atoms with Crippen LogP contribution >= 0.6 is 0 Å². The fourth-order valence-corrected chi connectivity index (χ4v) is 3.88. The van der Waals surface area contributed by atoms with Crippen molar-refractivity contribution in [3.8, 4) is 5.69 Å². The van der Waals surface area contributed by atoms with Gasteiger partial charge in [-0.25, -0.2) is 13.9 Å². The molecule has 0 saturated heterocycles. The molecule has 0 atom stereocenters. The summed E-state index contributed by atoms with van der Waals surface area (Å²) in [4.78, 5) is 29.5. The minimum atomic E-state index is -0.520. The number of aromatic amines is 1. The van der Waals surface area contributed by atoms with Gasteiger partial charge in [0.1, 0.15) is 17.2 Å². The zero-order chi connectivity index (χ0) is 21.5. The van der Waals surface area contributed by atoms with E-state index < -0.39 is 5.97 Å². The highest BCUT2D eigenvalue weighted by Gasteiger charge is 2.33. The number of rotatable bonds is 3. The molecule has 8 heteroatoms. The molecule has 30 heavy (non-hydrogen) atoms. The second-order valence-corrected chi connectivity index (χ2v) is 8.28. The number of nitrogens with zero attached hydrogens (tertiary/aromatic N) is 3. The Morgan fingerprint density at radius 3 is 2.53 bits per heavy atom. The summed E-state index contributed by atoms with van der Waals surface area (Å²) in [6.45, 7) is 5.12. The molecule has 0 fully saturated rings. The maximum absolute atomic E-state index is 13.3. The standard InChI is InChI=1S/C22H23FN4O3/c1-22(2)10-19-14(11-24-27(19)16-6-4-15(23)5-7-16)12-26(13-22)20(28)17-8-9-18(25-17)21(29)30-3/h4-9,11,25H,10,12-13H2,1-3H3. The van der Waals surface area contributed by atoms with Crippen molar-refractivity contribution >= 4 is 11.9 Å². The quantitative estimate of drug-likeness (QED) is 0.672. The zero-order valence-corrected chi connectivity index (χ0v) is 17.1. The predicted octanol–water partition coefficient (Wildman–Crippen LogP) is 3.35. The van der Waals surface area contributed by atoms with Crippen LogP contribution in [0.3, 0.4) is 0 Å². The summed E-state index contributed by atoms with van der Waals surface area (Å²) < 4.78 is 19.8. The van der Waals surface area contributed by atoms with E-state index in [4.69, 9.17) is 4.74 Å². The number of esters is 1. The first-order valence-electron chi connectivity index (χ1n) is 9.66. The maximum atomic E-state index is 13.3. The Morgan fingerprint density at radius 1 is 1.13 bits per heavy atom. The number of methoxy groups -OCH3 is 1. The highest BCUT2D eigenvalue weighted by atomic mass is 19.1. The molecule has 7 nitrogen and oxygen atoms in total. The fourth-order valence-electron chi connectivity index (χ4n) is 3.88. The lowest BCUT2D eigenvalue weighted by molar-refractivity contribution is 0.0594. The molecule has 0 bridgehead atoms. The van der Waals surface area contributed by atoms with E-state index in [1.54, 1.807) is 35.4 Å². The third kappa shape index (κ3) is 3.72. The van der Waals surface area contributed by atoms with Gasteiger partial charge in [0.15, 0.2) is 0 Å². The highest BCUT2D eigenvalue weighted by molar-refractivity contribution is 5.95. The number of aromatic nitrogens is 3. The smallest absolute Gasteiger partial charge is 0.354 e. The van der Waals surface area contributed by atoms with Crippen LogP contribution in [0.4, 0.5) is 4.39 Å². The van der Waals surface area contributed by atoms with Crippen molar-refractivity contribution in [3.05, 3.63) is 71.1 Å². The van der Waals surface area contributed by atoms with Crippen LogP contribution in [0.15, 0.2) is 42.6 Å². The number of carbonyl (C=O) groups is 2. The number of fused-ring (bicyclic) bond motifs is 1. The molecule has 3 heterocycles. The number of ether oxygens (including phenoxy) is 1. The molecule has 0 radical (unpaired) electrons. The van der Waals surface area contributed by atoms with Gasteiger partial charge in [-0.15, -0.1) is 0 Å². The summed E-state index contributed by atoms with van der Waals surface area (Å²) in [5.41, 5.74) is 3.08. The van der Waals surface area contributed by atoms with Gasteiger partial charge in [-0.3, -0.25) is 4.79 Å². The van der Waals surface area contributed by atoms with Crippen LogP contribution < -0.4 is 0 Å². The Balaban J connectivity index is 1.66. The number of nitrogens with one attached hydrogen (secondary N) is 1. The van der Waals surface area contributed by atoms with E-state index in [0.29, 0.717) is 25.2 Å². The van der Waals surface area contributed by atoms with Crippen molar-refractivity contribution in [3.63, 3.8) is 0 Å². The summed E-state index contributed by atoms with van der Waals surface area (Å²) in [6, 6.07) is 9.33. The number of benzene rings is 1. The van der Waals surface area contributed by atoms with Crippen LogP contribution in [0, 0.1) is 11.2 Å². The van der Waals surface area contributed by atoms with Gasteiger partial charge in [-0.2, -0.15) is 5.10 Å². The van der Waals surface area contributed by atoms with Crippen molar-refractivity contribution in [2.75, 3.05) is 13.7 Å². The number of amides is 1. The molecule has 0 unspecified atom stereocenters. The lowest BCUT2D eigenvalue weighted by atomic mass is 9.87. The van der Waals surface area contributed by atoms with Crippen LogP contribution in [0.5, 0.6) is 0 Å². The second-order valence-electron chi connectivity index (χ2n) is 8.28. The number of hydrogen-bond donors (Lipinski definition) is 1. The van der Waals surface area contributed by atoms with E-state index in [2.05, 4.69) is 23.9 Å². The first-order chi connectivity index (χ1) is 14.3. The van der Waals surface area contributed by atoms with Crippen LogP contribution in [-0.4, -0.2) is 45.2 Å². The Labute approximate surface area is 173 Å². The van der Waals surface area contributed by atoms with E-state index in [9.17, 15) is 14.0 Å². The van der Waals surface area contributed by atoms with E-state index in [-0.39, 0.29) is 22.8 Å². The molecule has 156 valence electrons. The van der Waals surface area contributed by atoms with Crippen LogP contribution in [0.2, 0.25) is 0 Å². The predicted molar refractivity (Wildman–Crippen MR) is 108 cm³/mol. The lowest BCUT2D eigenvalue weighted by Gasteiger charge is -2.29. The Hall–Kier alpha value is -3.42. The molecule has 1 amide bonds. The molecule has 1 aliphatic rings. The molecule has 3 aromatic rings. The third-order valence-corrected chi connectivity index (χ3v) is 5.26. The monoisotopic (exact) mass is 410 g/mol. The van der Waals surface area contributed by atoms with Gasteiger partial charge < -0.3 is 14.6 Å². The van der Waals surface area contributed by atoms with E-state index in [0.717, 1.165) is 16.9 Å². The molecule has 1 aliphatic heterocycles. The largest absolute Gasteiger partial charge is 0.464 e. The Bertz CT molecular complexity index is 1100. The molecule has 0 aliphatic carbocycles. The summed E-state index contributed by atoms with van der Waals surface area (Å²) >= 11 is 0. The van der Waals surface area contributed by atoms with Gasteiger partial charge >= 0.3 is 5.97 Å². The molecule has 0 saturated carbocycles. The zero-order valence-electron chi connectivity index (χ0n) is 17.1. The summed E-state index contributed by atoms with van der Waals surface area (Å²) in [6.07, 6.45) is 2.47. The second kappa shape index (κ2) is 7.44. The highest BCUT2D eigenvalue weighted by Crippen LogP contribution is 2.32. The van der Waals surface area contributed by atoms with Gasteiger partial charge in [0, 0.05) is 24.3 Å². The molecule has 0 spiro atoms. The summed E-state index contributed by atoms with van der Waals surface area (Å²) in [7, 11) is 1.29. The minimum absolute atomic E-state index is 0.194. The molecular weight excluding hydrogens is 387 g/mol. The first-order valence-corrected chi connectivity index (χ1v) is 9.66. The number of carbonyl (C=O) groups excluding carboxylic acids is 2.